The highest BCUT2D eigenvalue weighted by atomic mass is 19.1. The fourth-order valence-corrected chi connectivity index (χ4v) is 2.39. The number of carbonyl (C=O) groups is 1. The van der Waals surface area contributed by atoms with E-state index in [1.165, 1.54) is 18.2 Å². The molecular formula is C17H14F2N2O. The Kier molecular flexibility index (Phi) is 3.87. The van der Waals surface area contributed by atoms with Gasteiger partial charge in [-0.25, -0.2) is 8.78 Å². The Morgan fingerprint density at radius 3 is 2.64 bits per heavy atom. The molecule has 0 radical (unpaired) electrons. The summed E-state index contributed by atoms with van der Waals surface area (Å²) < 4.78 is 26.6. The molecule has 3 rings (SSSR count). The van der Waals surface area contributed by atoms with E-state index in [4.69, 9.17) is 0 Å². The number of fused-ring (bicyclic) bond motifs is 1. The first kappa shape index (κ1) is 14.3. The minimum absolute atomic E-state index is 0.0854. The smallest absolute Gasteiger partial charge is 0.224 e. The standard InChI is InChI=1S/C17H14F2N2O/c18-13-6-4-11(5-7-13)9-21-16(22)8-12-10-20-15-3-1-2-14(19)17(12)15/h1-7,10,20H,8-9H2,(H,21,22). The first-order chi connectivity index (χ1) is 10.6. The highest BCUT2D eigenvalue weighted by molar-refractivity contribution is 5.89. The maximum Gasteiger partial charge on any atom is 0.224 e. The zero-order valence-corrected chi connectivity index (χ0v) is 11.7. The molecule has 0 unspecified atom stereocenters. The summed E-state index contributed by atoms with van der Waals surface area (Å²) >= 11 is 0. The second-order valence-electron chi connectivity index (χ2n) is 5.06. The molecule has 0 spiro atoms. The lowest BCUT2D eigenvalue weighted by Gasteiger charge is -2.05. The van der Waals surface area contributed by atoms with Gasteiger partial charge in [0.25, 0.3) is 0 Å². The van der Waals surface area contributed by atoms with E-state index in [-0.39, 0.29) is 24.0 Å². The number of halogens is 2. The number of carbonyl (C=O) groups excluding carboxylic acids is 1. The van der Waals surface area contributed by atoms with Crippen LogP contribution in [0.4, 0.5) is 8.78 Å². The number of hydrogen-bond donors (Lipinski definition) is 2. The third-order valence-corrected chi connectivity index (χ3v) is 3.49. The zero-order chi connectivity index (χ0) is 15.5. The zero-order valence-electron chi connectivity index (χ0n) is 11.7. The van der Waals surface area contributed by atoms with Gasteiger partial charge in [0.2, 0.25) is 5.91 Å². The maximum absolute atomic E-state index is 13.8. The number of benzene rings is 2. The van der Waals surface area contributed by atoms with Crippen LogP contribution in [0.5, 0.6) is 0 Å². The summed E-state index contributed by atoms with van der Waals surface area (Å²) in [5.74, 6) is -0.877. The number of H-pyrrole nitrogens is 1. The fraction of sp³-hybridized carbons (Fsp3) is 0.118. The van der Waals surface area contributed by atoms with Gasteiger partial charge in [-0.15, -0.1) is 0 Å². The van der Waals surface area contributed by atoms with Gasteiger partial charge in [-0.3, -0.25) is 4.79 Å². The molecule has 1 aromatic heterocycles. The predicted octanol–water partition coefficient (Wildman–Crippen LogP) is 3.31. The van der Waals surface area contributed by atoms with E-state index >= 15 is 0 Å². The van der Waals surface area contributed by atoms with Crippen molar-refractivity contribution in [3.8, 4) is 0 Å². The van der Waals surface area contributed by atoms with E-state index in [1.807, 2.05) is 0 Å². The van der Waals surface area contributed by atoms with E-state index in [0.717, 1.165) is 5.56 Å². The summed E-state index contributed by atoms with van der Waals surface area (Å²) in [7, 11) is 0. The number of aromatic amines is 1. The van der Waals surface area contributed by atoms with Crippen molar-refractivity contribution in [2.24, 2.45) is 0 Å². The second kappa shape index (κ2) is 5.97. The Bertz CT molecular complexity index is 809. The summed E-state index contributed by atoms with van der Waals surface area (Å²) in [4.78, 5) is 14.9. The largest absolute Gasteiger partial charge is 0.361 e. The molecule has 0 atom stereocenters. The Labute approximate surface area is 126 Å². The summed E-state index contributed by atoms with van der Waals surface area (Å²) in [5.41, 5.74) is 2.09. The van der Waals surface area contributed by atoms with Crippen LogP contribution in [0.1, 0.15) is 11.1 Å². The van der Waals surface area contributed by atoms with Crippen LogP contribution in [0, 0.1) is 11.6 Å². The minimum Gasteiger partial charge on any atom is -0.361 e. The predicted molar refractivity (Wildman–Crippen MR) is 80.2 cm³/mol. The molecule has 0 aliphatic rings. The lowest BCUT2D eigenvalue weighted by atomic mass is 10.1. The third kappa shape index (κ3) is 2.98. The van der Waals surface area contributed by atoms with Gasteiger partial charge in [-0.2, -0.15) is 0 Å². The van der Waals surface area contributed by atoms with Crippen molar-refractivity contribution in [1.29, 1.82) is 0 Å². The monoisotopic (exact) mass is 300 g/mol. The van der Waals surface area contributed by atoms with Crippen molar-refractivity contribution >= 4 is 16.8 Å². The summed E-state index contributed by atoms with van der Waals surface area (Å²) in [6.45, 7) is 0.309. The number of amides is 1. The minimum atomic E-state index is -0.347. The fourth-order valence-electron chi connectivity index (χ4n) is 2.39. The van der Waals surface area contributed by atoms with Gasteiger partial charge in [0, 0.05) is 23.6 Å². The van der Waals surface area contributed by atoms with Crippen LogP contribution >= 0.6 is 0 Å². The molecule has 112 valence electrons. The summed E-state index contributed by atoms with van der Waals surface area (Å²) in [6.07, 6.45) is 1.73. The number of rotatable bonds is 4. The molecule has 0 saturated carbocycles. The lowest BCUT2D eigenvalue weighted by molar-refractivity contribution is -0.120. The lowest BCUT2D eigenvalue weighted by Crippen LogP contribution is -2.24. The summed E-state index contributed by atoms with van der Waals surface area (Å²) in [5, 5.41) is 3.19. The quantitative estimate of drug-likeness (QED) is 0.763. The molecule has 0 fully saturated rings. The SMILES string of the molecule is O=C(Cc1c[nH]c2cccc(F)c12)NCc1ccc(F)cc1. The Morgan fingerprint density at radius 1 is 1.09 bits per heavy atom. The molecule has 1 heterocycles. The van der Waals surface area contributed by atoms with Gasteiger partial charge < -0.3 is 10.3 Å². The molecule has 22 heavy (non-hydrogen) atoms. The number of aromatic nitrogens is 1. The molecule has 2 aromatic carbocycles. The van der Waals surface area contributed by atoms with Gasteiger partial charge in [0.05, 0.1) is 6.42 Å². The van der Waals surface area contributed by atoms with Gasteiger partial charge in [0.1, 0.15) is 11.6 Å². The van der Waals surface area contributed by atoms with Crippen molar-refractivity contribution in [2.45, 2.75) is 13.0 Å². The maximum atomic E-state index is 13.8. The molecule has 3 aromatic rings. The van der Waals surface area contributed by atoms with Gasteiger partial charge in [-0.05, 0) is 35.4 Å². The Hall–Kier alpha value is -2.69. The molecule has 0 saturated heterocycles. The van der Waals surface area contributed by atoms with Crippen molar-refractivity contribution < 1.29 is 13.6 Å². The molecule has 5 heteroatoms. The topological polar surface area (TPSA) is 44.9 Å². The molecule has 2 N–H and O–H groups in total. The van der Waals surface area contributed by atoms with E-state index in [1.54, 1.807) is 30.5 Å². The first-order valence-corrected chi connectivity index (χ1v) is 6.89. The van der Waals surface area contributed by atoms with Crippen LogP contribution in [0.25, 0.3) is 10.9 Å². The van der Waals surface area contributed by atoms with Crippen LogP contribution in [0.3, 0.4) is 0 Å². The van der Waals surface area contributed by atoms with Gasteiger partial charge in [-0.1, -0.05) is 18.2 Å². The van der Waals surface area contributed by atoms with E-state index in [0.29, 0.717) is 23.0 Å². The highest BCUT2D eigenvalue weighted by Crippen LogP contribution is 2.21. The number of nitrogens with one attached hydrogen (secondary N) is 2. The molecule has 0 aliphatic carbocycles. The molecule has 3 nitrogen and oxygen atoms in total. The average Bonchev–Trinajstić information content (AvgIpc) is 2.91. The van der Waals surface area contributed by atoms with Crippen molar-refractivity contribution in [3.05, 3.63) is 71.4 Å². The highest BCUT2D eigenvalue weighted by Gasteiger charge is 2.11. The van der Waals surface area contributed by atoms with Gasteiger partial charge in [0.15, 0.2) is 0 Å². The van der Waals surface area contributed by atoms with Crippen molar-refractivity contribution in [2.75, 3.05) is 0 Å². The second-order valence-corrected chi connectivity index (χ2v) is 5.06. The van der Waals surface area contributed by atoms with Crippen LogP contribution in [-0.2, 0) is 17.8 Å². The first-order valence-electron chi connectivity index (χ1n) is 6.89. The molecular weight excluding hydrogens is 286 g/mol. The van der Waals surface area contributed by atoms with E-state index < -0.39 is 0 Å². The summed E-state index contributed by atoms with van der Waals surface area (Å²) in [6, 6.07) is 10.7. The van der Waals surface area contributed by atoms with E-state index in [2.05, 4.69) is 10.3 Å². The molecule has 0 aliphatic heterocycles. The van der Waals surface area contributed by atoms with Crippen LogP contribution in [0.2, 0.25) is 0 Å². The Morgan fingerprint density at radius 2 is 1.86 bits per heavy atom. The van der Waals surface area contributed by atoms with Crippen LogP contribution in [-0.4, -0.2) is 10.9 Å². The van der Waals surface area contributed by atoms with E-state index in [9.17, 15) is 13.6 Å². The van der Waals surface area contributed by atoms with Crippen LogP contribution < -0.4 is 5.32 Å². The van der Waals surface area contributed by atoms with Crippen LogP contribution in [0.15, 0.2) is 48.7 Å². The third-order valence-electron chi connectivity index (χ3n) is 3.49. The van der Waals surface area contributed by atoms with Crippen molar-refractivity contribution in [1.82, 2.24) is 10.3 Å². The van der Waals surface area contributed by atoms with Crippen molar-refractivity contribution in [3.63, 3.8) is 0 Å². The molecule has 1 amide bonds. The number of hydrogen-bond acceptors (Lipinski definition) is 1. The Balaban J connectivity index is 1.67. The normalized spacial score (nSPS) is 10.8. The average molecular weight is 300 g/mol. The van der Waals surface area contributed by atoms with Gasteiger partial charge >= 0.3 is 0 Å². The molecule has 0 bridgehead atoms.